The van der Waals surface area contributed by atoms with Crippen LogP contribution in [0.3, 0.4) is 0 Å². The molecule has 1 unspecified atom stereocenters. The Labute approximate surface area is 171 Å². The number of likely N-dealkylation sites (N-methyl/N-ethyl adjacent to an activating group) is 1. The first kappa shape index (κ1) is 22.5. The summed E-state index contributed by atoms with van der Waals surface area (Å²) in [6, 6.07) is 4.60. The molecule has 1 aliphatic heterocycles. The molecule has 0 aliphatic carbocycles. The molecule has 2 heterocycles. The molecule has 0 bridgehead atoms. The van der Waals surface area contributed by atoms with Gasteiger partial charge in [0.05, 0.1) is 6.54 Å². The van der Waals surface area contributed by atoms with Crippen molar-refractivity contribution in [3.63, 3.8) is 0 Å². The zero-order chi connectivity index (χ0) is 20.2. The number of hydrogen-bond acceptors (Lipinski definition) is 4. The molecule has 0 spiro atoms. The van der Waals surface area contributed by atoms with Crippen LogP contribution in [0.4, 0.5) is 5.82 Å². The fourth-order valence-corrected chi connectivity index (χ4v) is 3.52. The van der Waals surface area contributed by atoms with E-state index in [1.165, 1.54) is 37.7 Å². The lowest BCUT2D eigenvalue weighted by molar-refractivity contribution is 0.312. The van der Waals surface area contributed by atoms with Gasteiger partial charge in [-0.3, -0.25) is 0 Å². The zero-order valence-corrected chi connectivity index (χ0v) is 18.4. The smallest absolute Gasteiger partial charge is 0.191 e. The molecule has 1 aromatic rings. The van der Waals surface area contributed by atoms with E-state index in [0.29, 0.717) is 12.6 Å². The Hall–Kier alpha value is -1.82. The lowest BCUT2D eigenvalue weighted by Gasteiger charge is -2.34. The Bertz CT molecular complexity index is 580. The van der Waals surface area contributed by atoms with Crippen LogP contribution in [0, 0.1) is 0 Å². The quantitative estimate of drug-likeness (QED) is 0.366. The highest BCUT2D eigenvalue weighted by Gasteiger charge is 2.17. The summed E-state index contributed by atoms with van der Waals surface area (Å²) < 4.78 is 0. The lowest BCUT2D eigenvalue weighted by atomic mass is 10.1. The number of anilines is 1. The van der Waals surface area contributed by atoms with Crippen molar-refractivity contribution in [2.75, 3.05) is 44.7 Å². The van der Waals surface area contributed by atoms with Gasteiger partial charge in [0.1, 0.15) is 5.82 Å². The van der Waals surface area contributed by atoms with E-state index in [1.54, 1.807) is 0 Å². The van der Waals surface area contributed by atoms with Gasteiger partial charge in [0.25, 0.3) is 0 Å². The minimum atomic E-state index is 0.431. The molecule has 6 nitrogen and oxygen atoms in total. The molecule has 0 aromatic carbocycles. The predicted molar refractivity (Wildman–Crippen MR) is 120 cm³/mol. The van der Waals surface area contributed by atoms with Crippen molar-refractivity contribution in [2.45, 2.75) is 65.5 Å². The van der Waals surface area contributed by atoms with Crippen molar-refractivity contribution in [1.82, 2.24) is 20.5 Å². The van der Waals surface area contributed by atoms with Crippen LogP contribution in [0.5, 0.6) is 0 Å². The number of aliphatic imine (C=N–C) groups is 1. The van der Waals surface area contributed by atoms with Crippen LogP contribution in [0.1, 0.15) is 58.4 Å². The summed E-state index contributed by atoms with van der Waals surface area (Å²) in [7, 11) is 2.18. The summed E-state index contributed by atoms with van der Waals surface area (Å²) in [5, 5.41) is 6.96. The average molecular weight is 389 g/mol. The average Bonchev–Trinajstić information content (AvgIpc) is 2.70. The zero-order valence-electron chi connectivity index (χ0n) is 18.4. The molecule has 28 heavy (non-hydrogen) atoms. The highest BCUT2D eigenvalue weighted by atomic mass is 15.3. The van der Waals surface area contributed by atoms with Crippen molar-refractivity contribution in [1.29, 1.82) is 0 Å². The van der Waals surface area contributed by atoms with Crippen LogP contribution in [-0.4, -0.2) is 61.7 Å². The van der Waals surface area contributed by atoms with Gasteiger partial charge < -0.3 is 20.4 Å². The minimum absolute atomic E-state index is 0.431. The Balaban J connectivity index is 1.96. The van der Waals surface area contributed by atoms with Gasteiger partial charge in [0.2, 0.25) is 0 Å². The number of hydrogen-bond donors (Lipinski definition) is 2. The van der Waals surface area contributed by atoms with Crippen LogP contribution < -0.4 is 15.5 Å². The summed E-state index contributed by atoms with van der Waals surface area (Å²) in [6.07, 6.45) is 8.29. The number of rotatable bonds is 10. The first-order valence-corrected chi connectivity index (χ1v) is 11.1. The standard InChI is InChI=1S/C22H40N6/c1-5-7-8-9-11-19(3)26-22(23-6-2)25-18-20-12-10-13-24-21(20)28-16-14-27(4)15-17-28/h10,12-13,19H,5-9,11,14-18H2,1-4H3,(H2,23,25,26). The van der Waals surface area contributed by atoms with Crippen molar-refractivity contribution in [2.24, 2.45) is 4.99 Å². The molecular weight excluding hydrogens is 348 g/mol. The third-order valence-electron chi connectivity index (χ3n) is 5.30. The summed E-state index contributed by atoms with van der Waals surface area (Å²) in [5.41, 5.74) is 1.19. The van der Waals surface area contributed by atoms with Gasteiger partial charge in [0, 0.05) is 50.5 Å². The molecule has 1 fully saturated rings. The number of nitrogens with zero attached hydrogens (tertiary/aromatic N) is 4. The Kier molecular flexibility index (Phi) is 10.1. The molecular formula is C22H40N6. The third kappa shape index (κ3) is 7.66. The van der Waals surface area contributed by atoms with Gasteiger partial charge in [-0.15, -0.1) is 0 Å². The second-order valence-corrected chi connectivity index (χ2v) is 7.87. The molecule has 2 rings (SSSR count). The highest BCUT2D eigenvalue weighted by molar-refractivity contribution is 5.80. The summed E-state index contributed by atoms with van der Waals surface area (Å²) in [4.78, 5) is 14.3. The molecule has 0 amide bonds. The van der Waals surface area contributed by atoms with E-state index >= 15 is 0 Å². The van der Waals surface area contributed by atoms with E-state index in [0.717, 1.165) is 44.5 Å². The minimum Gasteiger partial charge on any atom is -0.357 e. The van der Waals surface area contributed by atoms with Gasteiger partial charge in [0.15, 0.2) is 5.96 Å². The maximum absolute atomic E-state index is 4.86. The fraction of sp³-hybridized carbons (Fsp3) is 0.727. The van der Waals surface area contributed by atoms with E-state index in [4.69, 9.17) is 4.99 Å². The van der Waals surface area contributed by atoms with Gasteiger partial charge in [-0.2, -0.15) is 0 Å². The van der Waals surface area contributed by atoms with Gasteiger partial charge >= 0.3 is 0 Å². The normalized spacial score (nSPS) is 16.9. The predicted octanol–water partition coefficient (Wildman–Crippen LogP) is 3.25. The van der Waals surface area contributed by atoms with Gasteiger partial charge in [-0.05, 0) is 33.4 Å². The van der Waals surface area contributed by atoms with Gasteiger partial charge in [-0.25, -0.2) is 9.98 Å². The van der Waals surface area contributed by atoms with Crippen molar-refractivity contribution >= 4 is 11.8 Å². The van der Waals surface area contributed by atoms with Crippen LogP contribution >= 0.6 is 0 Å². The van der Waals surface area contributed by atoms with Crippen LogP contribution in [0.15, 0.2) is 23.3 Å². The lowest BCUT2D eigenvalue weighted by Crippen LogP contribution is -2.45. The van der Waals surface area contributed by atoms with Crippen molar-refractivity contribution in [3.05, 3.63) is 23.9 Å². The summed E-state index contributed by atoms with van der Waals surface area (Å²) in [5.74, 6) is 1.99. The van der Waals surface area contributed by atoms with E-state index in [-0.39, 0.29) is 0 Å². The summed E-state index contributed by atoms with van der Waals surface area (Å²) in [6.45, 7) is 12.3. The molecule has 0 radical (unpaired) electrons. The van der Waals surface area contributed by atoms with Crippen LogP contribution in [0.25, 0.3) is 0 Å². The summed E-state index contributed by atoms with van der Waals surface area (Å²) >= 11 is 0. The van der Waals surface area contributed by atoms with E-state index in [1.807, 2.05) is 12.3 Å². The van der Waals surface area contributed by atoms with E-state index < -0.39 is 0 Å². The van der Waals surface area contributed by atoms with Crippen molar-refractivity contribution < 1.29 is 0 Å². The molecule has 2 N–H and O–H groups in total. The third-order valence-corrected chi connectivity index (χ3v) is 5.30. The largest absolute Gasteiger partial charge is 0.357 e. The van der Waals surface area contributed by atoms with E-state index in [2.05, 4.69) is 59.3 Å². The van der Waals surface area contributed by atoms with Crippen LogP contribution in [-0.2, 0) is 6.54 Å². The Morgan fingerprint density at radius 2 is 1.96 bits per heavy atom. The Morgan fingerprint density at radius 3 is 2.68 bits per heavy atom. The van der Waals surface area contributed by atoms with Gasteiger partial charge in [-0.1, -0.05) is 38.7 Å². The first-order chi connectivity index (χ1) is 13.6. The second kappa shape index (κ2) is 12.6. The van der Waals surface area contributed by atoms with Crippen molar-refractivity contribution in [3.8, 4) is 0 Å². The molecule has 1 aliphatic rings. The number of unbranched alkanes of at least 4 members (excludes halogenated alkanes) is 3. The SMILES string of the molecule is CCCCCCC(C)NC(=NCc1cccnc1N1CCN(C)CC1)NCC. The number of nitrogens with one attached hydrogen (secondary N) is 2. The fourth-order valence-electron chi connectivity index (χ4n) is 3.52. The molecule has 158 valence electrons. The highest BCUT2D eigenvalue weighted by Crippen LogP contribution is 2.19. The first-order valence-electron chi connectivity index (χ1n) is 11.1. The molecule has 0 saturated carbocycles. The maximum Gasteiger partial charge on any atom is 0.191 e. The topological polar surface area (TPSA) is 55.8 Å². The number of piperazine rings is 1. The number of aromatic nitrogens is 1. The molecule has 1 aromatic heterocycles. The molecule has 1 atom stereocenters. The number of guanidine groups is 1. The second-order valence-electron chi connectivity index (χ2n) is 7.87. The maximum atomic E-state index is 4.86. The van der Waals surface area contributed by atoms with E-state index in [9.17, 15) is 0 Å². The monoisotopic (exact) mass is 388 g/mol. The molecule has 1 saturated heterocycles. The van der Waals surface area contributed by atoms with Crippen LogP contribution in [0.2, 0.25) is 0 Å². The number of pyridine rings is 1. The Morgan fingerprint density at radius 1 is 1.18 bits per heavy atom. The molecule has 6 heteroatoms.